The molecule has 6 nitrogen and oxygen atoms in total. The first kappa shape index (κ1) is 20.5. The van der Waals surface area contributed by atoms with Crippen molar-refractivity contribution in [1.82, 2.24) is 0 Å². The largest absolute Gasteiger partial charge is 0.497 e. The van der Waals surface area contributed by atoms with Gasteiger partial charge in [-0.3, -0.25) is 0 Å². The van der Waals surface area contributed by atoms with E-state index in [4.69, 9.17) is 14.2 Å². The van der Waals surface area contributed by atoms with Gasteiger partial charge in [-0.15, -0.1) is 6.58 Å². The third kappa shape index (κ3) is 7.28. The molecule has 0 radical (unpaired) electrons. The van der Waals surface area contributed by atoms with Crippen LogP contribution in [0.5, 0.6) is 5.75 Å². The number of anilines is 1. The van der Waals surface area contributed by atoms with Gasteiger partial charge in [0.2, 0.25) is 0 Å². The van der Waals surface area contributed by atoms with Crippen molar-refractivity contribution in [2.45, 2.75) is 51.9 Å². The van der Waals surface area contributed by atoms with Crippen LogP contribution in [0.4, 0.5) is 5.69 Å². The zero-order valence-electron chi connectivity index (χ0n) is 15.5. The zero-order valence-corrected chi connectivity index (χ0v) is 15.5. The minimum atomic E-state index is -0.989. The van der Waals surface area contributed by atoms with Gasteiger partial charge in [0.05, 0.1) is 7.11 Å². The third-order valence-corrected chi connectivity index (χ3v) is 3.15. The molecule has 0 aromatic heterocycles. The molecule has 2 atom stereocenters. The molecule has 6 heteroatoms. The van der Waals surface area contributed by atoms with Crippen LogP contribution < -0.4 is 10.1 Å². The first-order chi connectivity index (χ1) is 11.7. The number of methoxy groups -OCH3 is 1. The van der Waals surface area contributed by atoms with Crippen molar-refractivity contribution < 1.29 is 23.8 Å². The van der Waals surface area contributed by atoms with Gasteiger partial charge in [-0.2, -0.15) is 0 Å². The highest BCUT2D eigenvalue weighted by molar-refractivity contribution is 5.83. The highest BCUT2D eigenvalue weighted by atomic mass is 16.6. The Balaban J connectivity index is 2.71. The molecule has 0 aliphatic rings. The molecule has 1 N–H and O–H groups in total. The van der Waals surface area contributed by atoms with Crippen molar-refractivity contribution in [2.24, 2.45) is 0 Å². The molecular formula is C19H27NO5. The van der Waals surface area contributed by atoms with E-state index in [0.29, 0.717) is 12.2 Å². The summed E-state index contributed by atoms with van der Waals surface area (Å²) in [5, 5.41) is 3.07. The maximum Gasteiger partial charge on any atom is 0.347 e. The highest BCUT2D eigenvalue weighted by Crippen LogP contribution is 2.17. The summed E-state index contributed by atoms with van der Waals surface area (Å²) in [7, 11) is 1.58. The van der Waals surface area contributed by atoms with E-state index < -0.39 is 29.7 Å². The lowest BCUT2D eigenvalue weighted by Crippen LogP contribution is -2.38. The summed E-state index contributed by atoms with van der Waals surface area (Å²) in [5.74, 6) is -0.413. The zero-order chi connectivity index (χ0) is 19.0. The van der Waals surface area contributed by atoms with Crippen LogP contribution in [0, 0.1) is 0 Å². The lowest BCUT2D eigenvalue weighted by Gasteiger charge is -2.24. The Morgan fingerprint density at radius 2 is 1.80 bits per heavy atom. The molecule has 0 saturated heterocycles. The summed E-state index contributed by atoms with van der Waals surface area (Å²) < 4.78 is 15.6. The second kappa shape index (κ2) is 9.11. The second-order valence-corrected chi connectivity index (χ2v) is 6.56. The standard InChI is InChI=1S/C19H27NO5/c1-7-8-16(20-14-9-11-15(23-6)12-10-14)18(22)24-13(2)17(21)25-19(3,4)5/h7,9-13,16,20H,1,8H2,2-6H3/t13-,16+/m1/s1. The molecule has 0 fully saturated rings. The molecule has 0 bridgehead atoms. The van der Waals surface area contributed by atoms with E-state index in [1.54, 1.807) is 58.2 Å². The van der Waals surface area contributed by atoms with Crippen LogP contribution in [0.15, 0.2) is 36.9 Å². The number of nitrogens with one attached hydrogen (secondary N) is 1. The monoisotopic (exact) mass is 349 g/mol. The van der Waals surface area contributed by atoms with Crippen LogP contribution in [0.1, 0.15) is 34.1 Å². The highest BCUT2D eigenvalue weighted by Gasteiger charge is 2.27. The smallest absolute Gasteiger partial charge is 0.347 e. The molecule has 25 heavy (non-hydrogen) atoms. The van der Waals surface area contributed by atoms with Crippen molar-refractivity contribution >= 4 is 17.6 Å². The Labute approximate surface area is 149 Å². The summed E-state index contributed by atoms with van der Waals surface area (Å²) in [6.45, 7) is 10.4. The van der Waals surface area contributed by atoms with Crippen molar-refractivity contribution in [2.75, 3.05) is 12.4 Å². The van der Waals surface area contributed by atoms with Gasteiger partial charge in [-0.25, -0.2) is 9.59 Å². The fourth-order valence-corrected chi connectivity index (χ4v) is 1.96. The second-order valence-electron chi connectivity index (χ2n) is 6.56. The number of ether oxygens (including phenoxy) is 3. The Hall–Kier alpha value is -2.50. The van der Waals surface area contributed by atoms with E-state index in [1.165, 1.54) is 6.92 Å². The van der Waals surface area contributed by atoms with E-state index in [0.717, 1.165) is 5.69 Å². The number of benzene rings is 1. The fourth-order valence-electron chi connectivity index (χ4n) is 1.96. The molecule has 1 aromatic carbocycles. The van der Waals surface area contributed by atoms with Gasteiger partial charge in [-0.1, -0.05) is 6.08 Å². The van der Waals surface area contributed by atoms with Gasteiger partial charge >= 0.3 is 11.9 Å². The Morgan fingerprint density at radius 1 is 1.20 bits per heavy atom. The Bertz CT molecular complexity index is 589. The Kier molecular flexibility index (Phi) is 7.48. The molecule has 0 aliphatic heterocycles. The van der Waals surface area contributed by atoms with E-state index in [-0.39, 0.29) is 0 Å². The average molecular weight is 349 g/mol. The van der Waals surface area contributed by atoms with Gasteiger partial charge in [0.15, 0.2) is 6.10 Å². The van der Waals surface area contributed by atoms with Crippen LogP contribution in [0.3, 0.4) is 0 Å². The number of hydrogen-bond donors (Lipinski definition) is 1. The van der Waals surface area contributed by atoms with Gasteiger partial charge in [-0.05, 0) is 58.4 Å². The maximum atomic E-state index is 12.4. The number of carbonyl (C=O) groups excluding carboxylic acids is 2. The number of esters is 2. The average Bonchev–Trinajstić information content (AvgIpc) is 2.53. The Morgan fingerprint density at radius 3 is 2.28 bits per heavy atom. The molecule has 1 aromatic rings. The predicted molar refractivity (Wildman–Crippen MR) is 96.6 cm³/mol. The van der Waals surface area contributed by atoms with Crippen molar-refractivity contribution in [3.8, 4) is 5.75 Å². The molecule has 0 amide bonds. The third-order valence-electron chi connectivity index (χ3n) is 3.15. The van der Waals surface area contributed by atoms with Crippen LogP contribution >= 0.6 is 0 Å². The summed E-state index contributed by atoms with van der Waals surface area (Å²) in [6.07, 6.45) is 0.976. The fraction of sp³-hybridized carbons (Fsp3) is 0.474. The van der Waals surface area contributed by atoms with Crippen molar-refractivity contribution in [3.63, 3.8) is 0 Å². The summed E-state index contributed by atoms with van der Waals surface area (Å²) in [5.41, 5.74) is 0.0918. The SMILES string of the molecule is C=CC[C@H](Nc1ccc(OC)cc1)C(=O)O[C@H](C)C(=O)OC(C)(C)C. The van der Waals surface area contributed by atoms with E-state index >= 15 is 0 Å². The van der Waals surface area contributed by atoms with Gasteiger partial charge in [0, 0.05) is 5.69 Å². The normalized spacial score (nSPS) is 13.3. The minimum absolute atomic E-state index is 0.353. The van der Waals surface area contributed by atoms with Crippen molar-refractivity contribution in [1.29, 1.82) is 0 Å². The lowest BCUT2D eigenvalue weighted by atomic mass is 10.2. The first-order valence-corrected chi connectivity index (χ1v) is 8.11. The van der Waals surface area contributed by atoms with Gasteiger partial charge in [0.25, 0.3) is 0 Å². The summed E-state index contributed by atoms with van der Waals surface area (Å²) in [6, 6.07) is 6.49. The number of rotatable bonds is 8. The number of carbonyl (C=O) groups is 2. The summed E-state index contributed by atoms with van der Waals surface area (Å²) in [4.78, 5) is 24.3. The summed E-state index contributed by atoms with van der Waals surface area (Å²) >= 11 is 0. The quantitative estimate of drug-likeness (QED) is 0.573. The molecule has 0 spiro atoms. The molecule has 0 saturated carbocycles. The van der Waals surface area contributed by atoms with E-state index in [1.807, 2.05) is 0 Å². The molecule has 138 valence electrons. The van der Waals surface area contributed by atoms with E-state index in [2.05, 4.69) is 11.9 Å². The van der Waals surface area contributed by atoms with Crippen LogP contribution in [-0.4, -0.2) is 36.8 Å². The molecular weight excluding hydrogens is 322 g/mol. The maximum absolute atomic E-state index is 12.4. The molecule has 0 heterocycles. The van der Waals surface area contributed by atoms with Crippen LogP contribution in [-0.2, 0) is 19.1 Å². The number of hydrogen-bond acceptors (Lipinski definition) is 6. The predicted octanol–water partition coefficient (Wildman–Crippen LogP) is 3.33. The molecule has 0 unspecified atom stereocenters. The van der Waals surface area contributed by atoms with E-state index in [9.17, 15) is 9.59 Å². The molecule has 1 rings (SSSR count). The van der Waals surface area contributed by atoms with Gasteiger partial charge in [0.1, 0.15) is 17.4 Å². The van der Waals surface area contributed by atoms with Crippen LogP contribution in [0.25, 0.3) is 0 Å². The van der Waals surface area contributed by atoms with Gasteiger partial charge < -0.3 is 19.5 Å². The topological polar surface area (TPSA) is 73.9 Å². The van der Waals surface area contributed by atoms with Crippen LogP contribution in [0.2, 0.25) is 0 Å². The first-order valence-electron chi connectivity index (χ1n) is 8.11. The minimum Gasteiger partial charge on any atom is -0.497 e. The molecule has 0 aliphatic carbocycles. The van der Waals surface area contributed by atoms with Crippen molar-refractivity contribution in [3.05, 3.63) is 36.9 Å². The lowest BCUT2D eigenvalue weighted by molar-refractivity contribution is -0.174.